The maximum Gasteiger partial charge on any atom is 0.184 e. The van der Waals surface area contributed by atoms with Crippen LogP contribution in [0.3, 0.4) is 0 Å². The minimum atomic E-state index is 0.576. The Morgan fingerprint density at radius 2 is 1.78 bits per heavy atom. The molecule has 5 aromatic rings. The number of hydrogen-bond acceptors (Lipinski definition) is 7. The van der Waals surface area contributed by atoms with Gasteiger partial charge in [0.05, 0.1) is 38.9 Å². The Morgan fingerprint density at radius 3 is 2.62 bits per heavy atom. The monoisotopic (exact) mass is 434 g/mol. The molecule has 3 heterocycles. The molecule has 0 saturated carbocycles. The zero-order chi connectivity index (χ0) is 21.9. The van der Waals surface area contributed by atoms with Crippen LogP contribution in [0.15, 0.2) is 73.1 Å². The third kappa shape index (κ3) is 4.04. The number of pyridine rings is 1. The van der Waals surface area contributed by atoms with E-state index in [1.807, 2.05) is 61.5 Å². The Labute approximate surface area is 189 Å². The van der Waals surface area contributed by atoms with Crippen LogP contribution in [0.2, 0.25) is 0 Å². The normalized spacial score (nSPS) is 10.8. The summed E-state index contributed by atoms with van der Waals surface area (Å²) < 4.78 is 0. The first-order valence-electron chi connectivity index (χ1n) is 10.1. The molecule has 5 rings (SSSR count). The van der Waals surface area contributed by atoms with Gasteiger partial charge in [0.2, 0.25) is 0 Å². The minimum absolute atomic E-state index is 0.576. The van der Waals surface area contributed by atoms with Gasteiger partial charge in [-0.1, -0.05) is 35.6 Å². The fourth-order valence-corrected chi connectivity index (χ4v) is 4.43. The molecule has 0 bridgehead atoms. The first-order chi connectivity index (χ1) is 15.7. The van der Waals surface area contributed by atoms with Crippen molar-refractivity contribution < 1.29 is 0 Å². The molecule has 0 aliphatic heterocycles. The lowest BCUT2D eigenvalue weighted by Crippen LogP contribution is -1.99. The van der Waals surface area contributed by atoms with Crippen LogP contribution in [-0.2, 0) is 6.54 Å². The molecule has 0 atom stereocenters. The van der Waals surface area contributed by atoms with Crippen LogP contribution in [0.5, 0.6) is 0 Å². The third-order valence-corrected chi connectivity index (χ3v) is 6.03. The Balaban J connectivity index is 1.54. The standard InChI is InChI=1S/C25H18N6S/c1-16-4-2-7-21(30-16)24-23(19-8-9-20-22(13-19)28-11-10-27-20)31-25(32-24)29-15-18-6-3-5-17(12-18)14-26/h2-13H,15H2,1H3,(H,29,31). The number of hydrogen-bond donors (Lipinski definition) is 1. The molecular weight excluding hydrogens is 416 g/mol. The van der Waals surface area contributed by atoms with E-state index in [4.69, 9.17) is 15.2 Å². The first-order valence-corrected chi connectivity index (χ1v) is 10.9. The highest BCUT2D eigenvalue weighted by Gasteiger charge is 2.17. The second-order valence-electron chi connectivity index (χ2n) is 7.29. The largest absolute Gasteiger partial charge is 0.357 e. The molecule has 0 unspecified atom stereocenters. The van der Waals surface area contributed by atoms with Gasteiger partial charge in [-0.2, -0.15) is 5.26 Å². The summed E-state index contributed by atoms with van der Waals surface area (Å²) in [7, 11) is 0. The van der Waals surface area contributed by atoms with Crippen LogP contribution in [0.4, 0.5) is 5.13 Å². The van der Waals surface area contributed by atoms with E-state index in [1.54, 1.807) is 29.8 Å². The number of aryl methyl sites for hydroxylation is 1. The molecule has 0 fully saturated rings. The maximum atomic E-state index is 9.14. The van der Waals surface area contributed by atoms with E-state index in [0.717, 1.165) is 49.3 Å². The van der Waals surface area contributed by atoms with Gasteiger partial charge in [-0.05, 0) is 48.9 Å². The van der Waals surface area contributed by atoms with Crippen molar-refractivity contribution in [3.05, 3.63) is 89.9 Å². The molecule has 32 heavy (non-hydrogen) atoms. The maximum absolute atomic E-state index is 9.14. The molecule has 3 aromatic heterocycles. The highest BCUT2D eigenvalue weighted by Crippen LogP contribution is 2.39. The van der Waals surface area contributed by atoms with Crippen LogP contribution in [-0.4, -0.2) is 19.9 Å². The predicted molar refractivity (Wildman–Crippen MR) is 127 cm³/mol. The fraction of sp³-hybridized carbons (Fsp3) is 0.0800. The Hall–Kier alpha value is -4.15. The van der Waals surface area contributed by atoms with Crippen molar-refractivity contribution in [2.24, 2.45) is 0 Å². The number of fused-ring (bicyclic) bond motifs is 1. The molecule has 0 aliphatic carbocycles. The van der Waals surface area contributed by atoms with Gasteiger partial charge < -0.3 is 5.32 Å². The molecule has 2 aromatic carbocycles. The van der Waals surface area contributed by atoms with E-state index in [-0.39, 0.29) is 0 Å². The average molecular weight is 435 g/mol. The van der Waals surface area contributed by atoms with Gasteiger partial charge in [-0.25, -0.2) is 4.98 Å². The van der Waals surface area contributed by atoms with Gasteiger partial charge >= 0.3 is 0 Å². The summed E-state index contributed by atoms with van der Waals surface area (Å²) in [5.41, 5.74) is 7.00. The first kappa shape index (κ1) is 19.8. The van der Waals surface area contributed by atoms with Gasteiger partial charge in [0, 0.05) is 30.2 Å². The Kier molecular flexibility index (Phi) is 5.28. The lowest BCUT2D eigenvalue weighted by Gasteiger charge is -2.04. The second-order valence-corrected chi connectivity index (χ2v) is 8.29. The molecule has 0 aliphatic rings. The summed E-state index contributed by atoms with van der Waals surface area (Å²) in [6.45, 7) is 2.56. The smallest absolute Gasteiger partial charge is 0.184 e. The number of rotatable bonds is 5. The van der Waals surface area contributed by atoms with Crippen molar-refractivity contribution in [1.29, 1.82) is 5.26 Å². The summed E-state index contributed by atoms with van der Waals surface area (Å²) >= 11 is 1.56. The molecule has 154 valence electrons. The molecule has 0 radical (unpaired) electrons. The van der Waals surface area contributed by atoms with Crippen molar-refractivity contribution in [3.63, 3.8) is 0 Å². The number of anilines is 1. The van der Waals surface area contributed by atoms with E-state index in [0.29, 0.717) is 12.1 Å². The van der Waals surface area contributed by atoms with Gasteiger partial charge in [0.25, 0.3) is 0 Å². The Bertz CT molecular complexity index is 1470. The topological polar surface area (TPSA) is 87.4 Å². The van der Waals surface area contributed by atoms with Gasteiger partial charge in [0.15, 0.2) is 5.13 Å². The quantitative estimate of drug-likeness (QED) is 0.387. The molecule has 6 nitrogen and oxygen atoms in total. The average Bonchev–Trinajstić information content (AvgIpc) is 3.27. The predicted octanol–water partition coefficient (Wildman–Crippen LogP) is 5.61. The van der Waals surface area contributed by atoms with Crippen molar-refractivity contribution in [3.8, 4) is 27.9 Å². The lowest BCUT2D eigenvalue weighted by molar-refractivity contribution is 1.13. The van der Waals surface area contributed by atoms with E-state index in [2.05, 4.69) is 21.4 Å². The summed E-state index contributed by atoms with van der Waals surface area (Å²) in [6.07, 6.45) is 3.38. The van der Waals surface area contributed by atoms with Crippen LogP contribution in [0, 0.1) is 18.3 Å². The number of aromatic nitrogens is 4. The van der Waals surface area contributed by atoms with Crippen molar-refractivity contribution in [2.45, 2.75) is 13.5 Å². The minimum Gasteiger partial charge on any atom is -0.357 e. The fourth-order valence-electron chi connectivity index (χ4n) is 3.47. The Morgan fingerprint density at radius 1 is 0.938 bits per heavy atom. The molecule has 0 saturated heterocycles. The molecular formula is C25H18N6S. The third-order valence-electron chi connectivity index (χ3n) is 4.99. The zero-order valence-corrected chi connectivity index (χ0v) is 18.1. The van der Waals surface area contributed by atoms with Crippen molar-refractivity contribution >= 4 is 27.5 Å². The van der Waals surface area contributed by atoms with Crippen LogP contribution in [0.25, 0.3) is 32.9 Å². The van der Waals surface area contributed by atoms with Gasteiger partial charge in [-0.15, -0.1) is 0 Å². The van der Waals surface area contributed by atoms with E-state index in [1.165, 1.54) is 0 Å². The van der Waals surface area contributed by atoms with E-state index < -0.39 is 0 Å². The summed E-state index contributed by atoms with van der Waals surface area (Å²) in [5, 5.41) is 13.3. The molecule has 0 amide bonds. The summed E-state index contributed by atoms with van der Waals surface area (Å²) in [6, 6.07) is 21.7. The number of nitriles is 1. The number of benzene rings is 2. The summed E-state index contributed by atoms with van der Waals surface area (Å²) in [4.78, 5) is 19.4. The number of nitrogens with zero attached hydrogens (tertiary/aromatic N) is 5. The number of thiazole rings is 1. The van der Waals surface area contributed by atoms with Gasteiger partial charge in [-0.3, -0.25) is 15.0 Å². The molecule has 7 heteroatoms. The van der Waals surface area contributed by atoms with Crippen LogP contribution < -0.4 is 5.32 Å². The van der Waals surface area contributed by atoms with Crippen molar-refractivity contribution in [2.75, 3.05) is 5.32 Å². The van der Waals surface area contributed by atoms with Gasteiger partial charge in [0.1, 0.15) is 0 Å². The number of nitrogens with one attached hydrogen (secondary N) is 1. The van der Waals surface area contributed by atoms with Crippen LogP contribution in [0.1, 0.15) is 16.8 Å². The van der Waals surface area contributed by atoms with E-state index >= 15 is 0 Å². The molecule has 1 N–H and O–H groups in total. The highest BCUT2D eigenvalue weighted by molar-refractivity contribution is 7.19. The lowest BCUT2D eigenvalue weighted by atomic mass is 10.1. The highest BCUT2D eigenvalue weighted by atomic mass is 32.1. The van der Waals surface area contributed by atoms with Crippen LogP contribution >= 0.6 is 11.3 Å². The second kappa shape index (κ2) is 8.53. The van der Waals surface area contributed by atoms with Crippen molar-refractivity contribution in [1.82, 2.24) is 19.9 Å². The zero-order valence-electron chi connectivity index (χ0n) is 17.3. The summed E-state index contributed by atoms with van der Waals surface area (Å²) in [5.74, 6) is 0. The molecule has 0 spiro atoms. The van der Waals surface area contributed by atoms with E-state index in [9.17, 15) is 0 Å². The SMILES string of the molecule is Cc1cccc(-c2sc(NCc3cccc(C#N)c3)nc2-c2ccc3nccnc3c2)n1.